The Hall–Kier alpha value is -2.45. The van der Waals surface area contributed by atoms with Crippen molar-refractivity contribution in [3.8, 4) is 0 Å². The number of nitrogens with one attached hydrogen (secondary N) is 1. The number of amides is 1. The van der Waals surface area contributed by atoms with Gasteiger partial charge in [-0.15, -0.1) is 11.3 Å². The average Bonchev–Trinajstić information content (AvgIpc) is 3.03. The second kappa shape index (κ2) is 8.09. The van der Waals surface area contributed by atoms with Gasteiger partial charge >= 0.3 is 0 Å². The molecule has 3 aromatic rings. The number of benzene rings is 1. The molecule has 0 saturated carbocycles. The van der Waals surface area contributed by atoms with Gasteiger partial charge in [0.2, 0.25) is 0 Å². The number of carbonyl (C=O) groups excluding carboxylic acids is 1. The summed E-state index contributed by atoms with van der Waals surface area (Å²) in [5, 5.41) is 0.716. The van der Waals surface area contributed by atoms with Gasteiger partial charge in [0, 0.05) is 23.5 Å². The van der Waals surface area contributed by atoms with Gasteiger partial charge in [-0.25, -0.2) is 9.97 Å². The van der Waals surface area contributed by atoms with Crippen molar-refractivity contribution >= 4 is 40.1 Å². The van der Waals surface area contributed by atoms with Crippen molar-refractivity contribution in [1.29, 1.82) is 0 Å². The van der Waals surface area contributed by atoms with E-state index in [1.54, 1.807) is 18.6 Å². The molecule has 0 aliphatic heterocycles. The molecule has 1 amide bonds. The van der Waals surface area contributed by atoms with Gasteiger partial charge in [0.1, 0.15) is 5.69 Å². The lowest BCUT2D eigenvalue weighted by Gasteiger charge is -2.20. The molecule has 0 saturated heterocycles. The van der Waals surface area contributed by atoms with Crippen molar-refractivity contribution in [2.75, 3.05) is 11.2 Å². The minimum atomic E-state index is -0.189. The largest absolute Gasteiger partial charge is 0.297 e. The predicted molar refractivity (Wildman–Crippen MR) is 102 cm³/mol. The Bertz CT molecular complexity index is 839. The normalized spacial score (nSPS) is 10.5. The summed E-state index contributed by atoms with van der Waals surface area (Å²) < 4.78 is 2.72. The van der Waals surface area contributed by atoms with E-state index in [1.165, 1.54) is 23.3 Å². The fourth-order valence-electron chi connectivity index (χ4n) is 2.29. The number of nitrogens with zero attached hydrogens (tertiary/aromatic N) is 4. The van der Waals surface area contributed by atoms with Crippen LogP contribution in [0.4, 0.5) is 10.9 Å². The first-order valence-corrected chi connectivity index (χ1v) is 9.61. The molecule has 0 fully saturated rings. The van der Waals surface area contributed by atoms with Crippen molar-refractivity contribution in [3.05, 3.63) is 65.1 Å². The third-order valence-corrected chi connectivity index (χ3v) is 4.82. The number of rotatable bonds is 6. The van der Waals surface area contributed by atoms with Crippen LogP contribution in [0.3, 0.4) is 0 Å². The van der Waals surface area contributed by atoms with Crippen LogP contribution in [0.1, 0.15) is 20.9 Å². The van der Waals surface area contributed by atoms with Crippen molar-refractivity contribution in [3.63, 3.8) is 0 Å². The van der Waals surface area contributed by atoms with Gasteiger partial charge < -0.3 is 0 Å². The van der Waals surface area contributed by atoms with E-state index in [1.807, 2.05) is 48.4 Å². The number of aryl methyl sites for hydroxylation is 1. The molecule has 0 unspecified atom stereocenters. The smallest absolute Gasteiger partial charge is 0.280 e. The lowest BCUT2D eigenvalue weighted by Crippen LogP contribution is -2.19. The molecule has 6 nitrogen and oxygen atoms in total. The quantitative estimate of drug-likeness (QED) is 0.668. The van der Waals surface area contributed by atoms with E-state index in [4.69, 9.17) is 0 Å². The zero-order valence-corrected chi connectivity index (χ0v) is 15.5. The van der Waals surface area contributed by atoms with Crippen molar-refractivity contribution in [2.24, 2.45) is 0 Å². The molecular weight excluding hydrogens is 354 g/mol. The Labute approximate surface area is 154 Å². The lowest BCUT2D eigenvalue weighted by molar-refractivity contribution is 0.0980. The summed E-state index contributed by atoms with van der Waals surface area (Å²) in [5.74, 6) is 0.503. The highest BCUT2D eigenvalue weighted by atomic mass is 32.2. The summed E-state index contributed by atoms with van der Waals surface area (Å²) in [4.78, 5) is 28.1. The van der Waals surface area contributed by atoms with Gasteiger partial charge in [0.15, 0.2) is 10.9 Å². The van der Waals surface area contributed by atoms with Crippen LogP contribution in [-0.4, -0.2) is 27.1 Å². The highest BCUT2D eigenvalue weighted by Gasteiger charge is 2.21. The molecule has 0 bridgehead atoms. The Kier molecular flexibility index (Phi) is 5.62. The van der Waals surface area contributed by atoms with E-state index in [0.717, 1.165) is 10.4 Å². The highest BCUT2D eigenvalue weighted by Crippen LogP contribution is 2.31. The van der Waals surface area contributed by atoms with Gasteiger partial charge in [-0.2, -0.15) is 0 Å². The van der Waals surface area contributed by atoms with Gasteiger partial charge in [0.25, 0.3) is 5.91 Å². The van der Waals surface area contributed by atoms with Crippen LogP contribution in [0.15, 0.2) is 48.9 Å². The fraction of sp³-hybridized carbons (Fsp3) is 0.176. The molecule has 3 rings (SSSR count). The topological polar surface area (TPSA) is 71.0 Å². The van der Waals surface area contributed by atoms with Crippen LogP contribution in [0, 0.1) is 6.92 Å². The first-order valence-electron chi connectivity index (χ1n) is 7.57. The number of hydrogen-bond acceptors (Lipinski definition) is 7. The molecule has 1 aromatic carbocycles. The zero-order chi connectivity index (χ0) is 17.6. The van der Waals surface area contributed by atoms with Crippen molar-refractivity contribution in [1.82, 2.24) is 19.7 Å². The van der Waals surface area contributed by atoms with E-state index in [-0.39, 0.29) is 5.91 Å². The highest BCUT2D eigenvalue weighted by molar-refractivity contribution is 7.97. The first kappa shape index (κ1) is 17.4. The monoisotopic (exact) mass is 371 g/mol. The average molecular weight is 371 g/mol. The third-order valence-electron chi connectivity index (χ3n) is 3.44. The number of aromatic nitrogens is 3. The fourth-order valence-corrected chi connectivity index (χ4v) is 3.49. The van der Waals surface area contributed by atoms with E-state index in [9.17, 15) is 4.79 Å². The molecule has 1 N–H and O–H groups in total. The number of hydrogen-bond donors (Lipinski definition) is 1. The second-order valence-corrected chi connectivity index (χ2v) is 6.97. The van der Waals surface area contributed by atoms with Crippen LogP contribution in [0.25, 0.3) is 0 Å². The van der Waals surface area contributed by atoms with Gasteiger partial charge in [-0.1, -0.05) is 42.3 Å². The molecule has 0 spiro atoms. The van der Waals surface area contributed by atoms with E-state index >= 15 is 0 Å². The van der Waals surface area contributed by atoms with Crippen molar-refractivity contribution in [2.45, 2.75) is 13.5 Å². The Morgan fingerprint density at radius 3 is 2.76 bits per heavy atom. The lowest BCUT2D eigenvalue weighted by atomic mass is 10.2. The Balaban J connectivity index is 1.97. The molecular formula is C17H17N5OS2. The molecule has 2 aromatic heterocycles. The first-order chi connectivity index (χ1) is 12.2. The summed E-state index contributed by atoms with van der Waals surface area (Å²) in [6.45, 7) is 2.49. The maximum atomic E-state index is 12.2. The van der Waals surface area contributed by atoms with Gasteiger partial charge in [-0.3, -0.25) is 19.4 Å². The van der Waals surface area contributed by atoms with E-state index in [2.05, 4.69) is 19.7 Å². The standard InChI is InChI=1S/C17H17N5OS2/c1-12-15(16(23)21-24-2)20-17(25-12)22(14-10-18-8-9-19-14)11-13-6-4-3-5-7-13/h3-10H,11H2,1-2H3,(H,21,23). The third kappa shape index (κ3) is 4.15. The summed E-state index contributed by atoms with van der Waals surface area (Å²) in [7, 11) is 0. The van der Waals surface area contributed by atoms with Crippen LogP contribution in [0.2, 0.25) is 0 Å². The van der Waals surface area contributed by atoms with E-state index < -0.39 is 0 Å². The summed E-state index contributed by atoms with van der Waals surface area (Å²) >= 11 is 2.73. The van der Waals surface area contributed by atoms with E-state index in [0.29, 0.717) is 23.2 Å². The summed E-state index contributed by atoms with van der Waals surface area (Å²) in [6, 6.07) is 10.1. The minimum Gasteiger partial charge on any atom is -0.297 e. The second-order valence-electron chi connectivity index (χ2n) is 5.17. The predicted octanol–water partition coefficient (Wildman–Crippen LogP) is 3.59. The molecule has 0 atom stereocenters. The molecule has 0 radical (unpaired) electrons. The molecule has 8 heteroatoms. The molecule has 128 valence electrons. The number of anilines is 2. The molecule has 0 aliphatic carbocycles. The molecule has 25 heavy (non-hydrogen) atoms. The van der Waals surface area contributed by atoms with Gasteiger partial charge in [0.05, 0.1) is 12.7 Å². The maximum Gasteiger partial charge on any atom is 0.280 e. The maximum absolute atomic E-state index is 12.2. The summed E-state index contributed by atoms with van der Waals surface area (Å²) in [5.41, 5.74) is 1.56. The SMILES string of the molecule is CSNC(=O)c1nc(N(Cc2ccccc2)c2cnccn2)sc1C. The molecule has 0 aliphatic rings. The van der Waals surface area contributed by atoms with Crippen LogP contribution < -0.4 is 9.62 Å². The van der Waals surface area contributed by atoms with Crippen LogP contribution >= 0.6 is 23.3 Å². The zero-order valence-electron chi connectivity index (χ0n) is 13.8. The number of carbonyl (C=O) groups is 1. The molecule has 2 heterocycles. The van der Waals surface area contributed by atoms with Crippen LogP contribution in [-0.2, 0) is 6.54 Å². The van der Waals surface area contributed by atoms with Crippen LogP contribution in [0.5, 0.6) is 0 Å². The Morgan fingerprint density at radius 1 is 1.28 bits per heavy atom. The Morgan fingerprint density at radius 2 is 2.08 bits per heavy atom. The van der Waals surface area contributed by atoms with Gasteiger partial charge in [-0.05, 0) is 12.5 Å². The summed E-state index contributed by atoms with van der Waals surface area (Å²) in [6.07, 6.45) is 6.78. The van der Waals surface area contributed by atoms with Crippen molar-refractivity contribution < 1.29 is 4.79 Å². The number of thiazole rings is 1. The minimum absolute atomic E-state index is 0.189.